The number of piperidine rings is 1. The van der Waals surface area contributed by atoms with E-state index >= 15 is 0 Å². The van der Waals surface area contributed by atoms with Crippen molar-refractivity contribution in [2.45, 2.75) is 31.0 Å². The largest absolute Gasteiger partial charge is 0.497 e. The molecule has 1 aromatic carbocycles. The highest BCUT2D eigenvalue weighted by Crippen LogP contribution is 2.40. The SMILES string of the molecule is COc1cccc(CN2CCC[C@@]3(CCN(c4ccnc(SC)n4)C3)C2)c1. The van der Waals surface area contributed by atoms with Crippen LogP contribution in [0.15, 0.2) is 41.7 Å². The number of rotatable bonds is 5. The molecule has 1 aromatic heterocycles. The van der Waals surface area contributed by atoms with Gasteiger partial charge in [0.15, 0.2) is 5.16 Å². The van der Waals surface area contributed by atoms with Crippen LogP contribution in [0.3, 0.4) is 0 Å². The summed E-state index contributed by atoms with van der Waals surface area (Å²) in [7, 11) is 1.73. The minimum absolute atomic E-state index is 0.390. The molecule has 3 heterocycles. The maximum absolute atomic E-state index is 5.38. The average molecular weight is 385 g/mol. The van der Waals surface area contributed by atoms with E-state index in [1.165, 1.54) is 37.9 Å². The highest BCUT2D eigenvalue weighted by molar-refractivity contribution is 7.98. The molecule has 0 bridgehead atoms. The third kappa shape index (κ3) is 4.22. The first-order chi connectivity index (χ1) is 13.2. The summed E-state index contributed by atoms with van der Waals surface area (Å²) in [6, 6.07) is 10.5. The minimum atomic E-state index is 0.390. The smallest absolute Gasteiger partial charge is 0.189 e. The van der Waals surface area contributed by atoms with Gasteiger partial charge < -0.3 is 9.64 Å². The third-order valence-electron chi connectivity index (χ3n) is 5.84. The lowest BCUT2D eigenvalue weighted by atomic mass is 9.79. The predicted molar refractivity (Wildman–Crippen MR) is 111 cm³/mol. The Balaban J connectivity index is 1.43. The molecule has 144 valence electrons. The molecule has 2 aromatic rings. The van der Waals surface area contributed by atoms with E-state index in [-0.39, 0.29) is 0 Å². The second-order valence-electron chi connectivity index (χ2n) is 7.74. The fourth-order valence-electron chi connectivity index (χ4n) is 4.54. The van der Waals surface area contributed by atoms with Crippen LogP contribution in [0.2, 0.25) is 0 Å². The third-order valence-corrected chi connectivity index (χ3v) is 6.41. The number of thioether (sulfide) groups is 1. The van der Waals surface area contributed by atoms with Gasteiger partial charge in [-0.3, -0.25) is 4.90 Å². The maximum Gasteiger partial charge on any atom is 0.189 e. The molecule has 1 atom stereocenters. The van der Waals surface area contributed by atoms with Gasteiger partial charge in [-0.25, -0.2) is 9.97 Å². The molecular formula is C21H28N4OS. The molecule has 27 heavy (non-hydrogen) atoms. The number of nitrogens with zero attached hydrogens (tertiary/aromatic N) is 4. The molecule has 4 rings (SSSR count). The molecule has 0 amide bonds. The van der Waals surface area contributed by atoms with Crippen molar-refractivity contribution >= 4 is 17.6 Å². The summed E-state index contributed by atoms with van der Waals surface area (Å²) in [5, 5.41) is 0.858. The quantitative estimate of drug-likeness (QED) is 0.578. The van der Waals surface area contributed by atoms with Crippen LogP contribution in [-0.4, -0.2) is 54.4 Å². The van der Waals surface area contributed by atoms with E-state index in [2.05, 4.69) is 39.0 Å². The second kappa shape index (κ2) is 8.07. The molecule has 5 nitrogen and oxygen atoms in total. The van der Waals surface area contributed by atoms with Gasteiger partial charge in [-0.15, -0.1) is 0 Å². The van der Waals surface area contributed by atoms with Crippen LogP contribution >= 0.6 is 11.8 Å². The Hall–Kier alpha value is -1.79. The fraction of sp³-hybridized carbons (Fsp3) is 0.524. The van der Waals surface area contributed by atoms with E-state index in [0.29, 0.717) is 5.41 Å². The Morgan fingerprint density at radius 3 is 2.96 bits per heavy atom. The van der Waals surface area contributed by atoms with Crippen molar-refractivity contribution in [1.82, 2.24) is 14.9 Å². The average Bonchev–Trinajstić information content (AvgIpc) is 3.11. The van der Waals surface area contributed by atoms with Gasteiger partial charge in [0.25, 0.3) is 0 Å². The number of anilines is 1. The highest BCUT2D eigenvalue weighted by atomic mass is 32.2. The lowest BCUT2D eigenvalue weighted by molar-refractivity contribution is 0.0991. The Morgan fingerprint density at radius 2 is 2.11 bits per heavy atom. The maximum atomic E-state index is 5.38. The van der Waals surface area contributed by atoms with Crippen molar-refractivity contribution in [3.63, 3.8) is 0 Å². The van der Waals surface area contributed by atoms with E-state index < -0.39 is 0 Å². The molecular weight excluding hydrogens is 356 g/mol. The molecule has 2 fully saturated rings. The van der Waals surface area contributed by atoms with E-state index in [1.807, 2.05) is 18.5 Å². The number of methoxy groups -OCH3 is 1. The van der Waals surface area contributed by atoms with Gasteiger partial charge in [-0.2, -0.15) is 0 Å². The molecule has 0 aliphatic carbocycles. The number of ether oxygens (including phenoxy) is 1. The Kier molecular flexibility index (Phi) is 5.55. The van der Waals surface area contributed by atoms with Crippen LogP contribution in [0, 0.1) is 5.41 Å². The van der Waals surface area contributed by atoms with Crippen molar-refractivity contribution in [2.75, 3.05) is 44.4 Å². The van der Waals surface area contributed by atoms with Gasteiger partial charge in [-0.1, -0.05) is 23.9 Å². The van der Waals surface area contributed by atoms with Gasteiger partial charge in [0, 0.05) is 37.8 Å². The van der Waals surface area contributed by atoms with Crippen molar-refractivity contribution in [2.24, 2.45) is 5.41 Å². The van der Waals surface area contributed by atoms with Crippen molar-refractivity contribution in [3.8, 4) is 5.75 Å². The van der Waals surface area contributed by atoms with Crippen molar-refractivity contribution < 1.29 is 4.74 Å². The summed E-state index contributed by atoms with van der Waals surface area (Å²) < 4.78 is 5.38. The van der Waals surface area contributed by atoms with E-state index in [1.54, 1.807) is 18.9 Å². The van der Waals surface area contributed by atoms with E-state index in [0.717, 1.165) is 36.4 Å². The van der Waals surface area contributed by atoms with Crippen LogP contribution in [-0.2, 0) is 6.54 Å². The molecule has 0 radical (unpaired) electrons. The first-order valence-corrected chi connectivity index (χ1v) is 10.9. The summed E-state index contributed by atoms with van der Waals surface area (Å²) in [5.74, 6) is 2.02. The first-order valence-electron chi connectivity index (χ1n) is 9.67. The molecule has 6 heteroatoms. The molecule has 2 aliphatic heterocycles. The summed E-state index contributed by atoms with van der Waals surface area (Å²) in [6.07, 6.45) is 7.76. The number of benzene rings is 1. The Morgan fingerprint density at radius 1 is 1.19 bits per heavy atom. The minimum Gasteiger partial charge on any atom is -0.497 e. The van der Waals surface area contributed by atoms with Crippen molar-refractivity contribution in [1.29, 1.82) is 0 Å². The van der Waals surface area contributed by atoms with E-state index in [9.17, 15) is 0 Å². The summed E-state index contributed by atoms with van der Waals surface area (Å²) in [5.41, 5.74) is 1.73. The van der Waals surface area contributed by atoms with Gasteiger partial charge >= 0.3 is 0 Å². The Bertz CT molecular complexity index is 786. The van der Waals surface area contributed by atoms with Gasteiger partial charge in [-0.05, 0) is 55.8 Å². The van der Waals surface area contributed by atoms with Crippen LogP contribution in [0.4, 0.5) is 5.82 Å². The number of aromatic nitrogens is 2. The number of likely N-dealkylation sites (tertiary alicyclic amines) is 1. The summed E-state index contributed by atoms with van der Waals surface area (Å²) in [4.78, 5) is 14.1. The monoisotopic (exact) mass is 384 g/mol. The van der Waals surface area contributed by atoms with Crippen molar-refractivity contribution in [3.05, 3.63) is 42.1 Å². The zero-order valence-electron chi connectivity index (χ0n) is 16.2. The predicted octanol–water partition coefficient (Wildman–Crippen LogP) is 3.70. The molecule has 2 aliphatic rings. The van der Waals surface area contributed by atoms with Crippen LogP contribution in [0.25, 0.3) is 0 Å². The zero-order chi connectivity index (χ0) is 18.7. The topological polar surface area (TPSA) is 41.5 Å². The highest BCUT2D eigenvalue weighted by Gasteiger charge is 2.41. The normalized spacial score (nSPS) is 23.1. The lowest BCUT2D eigenvalue weighted by Gasteiger charge is -2.40. The van der Waals surface area contributed by atoms with Crippen LogP contribution < -0.4 is 9.64 Å². The summed E-state index contributed by atoms with van der Waals surface area (Å²) in [6.45, 7) is 5.55. The number of hydrogen-bond acceptors (Lipinski definition) is 6. The lowest BCUT2D eigenvalue weighted by Crippen LogP contribution is -2.44. The number of hydrogen-bond donors (Lipinski definition) is 0. The van der Waals surface area contributed by atoms with Crippen LogP contribution in [0.1, 0.15) is 24.8 Å². The van der Waals surface area contributed by atoms with Gasteiger partial charge in [0.05, 0.1) is 7.11 Å². The molecule has 1 spiro atoms. The fourth-order valence-corrected chi connectivity index (χ4v) is 4.90. The molecule has 0 N–H and O–H groups in total. The molecule has 0 unspecified atom stereocenters. The van der Waals surface area contributed by atoms with Gasteiger partial charge in [0.2, 0.25) is 0 Å². The molecule has 0 saturated carbocycles. The Labute approximate surface area is 166 Å². The second-order valence-corrected chi connectivity index (χ2v) is 8.51. The van der Waals surface area contributed by atoms with Crippen LogP contribution in [0.5, 0.6) is 5.75 Å². The van der Waals surface area contributed by atoms with E-state index in [4.69, 9.17) is 9.72 Å². The van der Waals surface area contributed by atoms with Gasteiger partial charge in [0.1, 0.15) is 11.6 Å². The zero-order valence-corrected chi connectivity index (χ0v) is 17.0. The summed E-state index contributed by atoms with van der Waals surface area (Å²) >= 11 is 1.61. The first kappa shape index (κ1) is 18.6. The standard InChI is InChI=1S/C21H28N4OS/c1-26-18-6-3-5-17(13-18)14-24-11-4-8-21(15-24)9-12-25(16-21)19-7-10-22-20(23-19)27-2/h3,5-7,10,13H,4,8-9,11-12,14-16H2,1-2H3/t21-/m1/s1. The molecule has 2 saturated heterocycles.